The van der Waals surface area contributed by atoms with Gasteiger partial charge < -0.3 is 14.5 Å². The van der Waals surface area contributed by atoms with Crippen LogP contribution >= 0.6 is 15.9 Å². The third-order valence-electron chi connectivity index (χ3n) is 2.40. The minimum Gasteiger partial charge on any atom is -0.466 e. The van der Waals surface area contributed by atoms with Gasteiger partial charge in [0, 0.05) is 13.2 Å². The number of hydrogen-bond acceptors (Lipinski definition) is 3. The number of halogens is 1. The molecule has 0 aliphatic carbocycles. The highest BCUT2D eigenvalue weighted by Gasteiger charge is 2.16. The van der Waals surface area contributed by atoms with Crippen LogP contribution in [0.4, 0.5) is 0 Å². The summed E-state index contributed by atoms with van der Waals surface area (Å²) in [5.41, 5.74) is 0. The van der Waals surface area contributed by atoms with Crippen molar-refractivity contribution in [3.8, 4) is 0 Å². The molecule has 0 aliphatic rings. The monoisotopic (exact) mass is 289 g/mol. The van der Waals surface area contributed by atoms with E-state index < -0.39 is 0 Å². The Morgan fingerprint density at radius 1 is 1.50 bits per heavy atom. The van der Waals surface area contributed by atoms with E-state index in [0.29, 0.717) is 0 Å². The highest BCUT2D eigenvalue weighted by molar-refractivity contribution is 9.10. The minimum atomic E-state index is 0.273. The van der Waals surface area contributed by atoms with Crippen molar-refractivity contribution < 1.29 is 9.15 Å². The molecule has 0 aliphatic heterocycles. The SMILES string of the molecule is CCNC(CCCOCC)c1occc1Br. The number of furan rings is 1. The van der Waals surface area contributed by atoms with Gasteiger partial charge in [0.1, 0.15) is 5.76 Å². The van der Waals surface area contributed by atoms with Crippen molar-refractivity contribution in [3.05, 3.63) is 22.6 Å². The predicted molar refractivity (Wildman–Crippen MR) is 68.6 cm³/mol. The van der Waals surface area contributed by atoms with Crippen molar-refractivity contribution in [1.82, 2.24) is 5.32 Å². The Labute approximate surface area is 106 Å². The molecule has 0 saturated heterocycles. The molecule has 1 rings (SSSR count). The molecule has 4 heteroatoms. The lowest BCUT2D eigenvalue weighted by atomic mass is 10.1. The van der Waals surface area contributed by atoms with Gasteiger partial charge in [0.05, 0.1) is 16.8 Å². The first-order chi connectivity index (χ1) is 7.79. The van der Waals surface area contributed by atoms with Crippen LogP contribution in [0.2, 0.25) is 0 Å². The third kappa shape index (κ3) is 4.28. The summed E-state index contributed by atoms with van der Waals surface area (Å²) >= 11 is 3.49. The maximum atomic E-state index is 5.49. The van der Waals surface area contributed by atoms with Crippen molar-refractivity contribution in [3.63, 3.8) is 0 Å². The smallest absolute Gasteiger partial charge is 0.134 e. The largest absolute Gasteiger partial charge is 0.466 e. The van der Waals surface area contributed by atoms with Crippen LogP contribution in [0.3, 0.4) is 0 Å². The van der Waals surface area contributed by atoms with Crippen LogP contribution in [0.25, 0.3) is 0 Å². The van der Waals surface area contributed by atoms with Crippen molar-refractivity contribution >= 4 is 15.9 Å². The first-order valence-corrected chi connectivity index (χ1v) is 6.62. The zero-order valence-electron chi connectivity index (χ0n) is 9.96. The number of rotatable bonds is 8. The first kappa shape index (κ1) is 13.7. The van der Waals surface area contributed by atoms with E-state index >= 15 is 0 Å². The normalized spacial score (nSPS) is 12.9. The molecular weight excluding hydrogens is 270 g/mol. The summed E-state index contributed by atoms with van der Waals surface area (Å²) < 4.78 is 11.9. The van der Waals surface area contributed by atoms with Gasteiger partial charge in [0.25, 0.3) is 0 Å². The van der Waals surface area contributed by atoms with E-state index in [-0.39, 0.29) is 6.04 Å². The molecule has 0 fully saturated rings. The Hall–Kier alpha value is -0.320. The Kier molecular flexibility index (Phi) is 6.76. The molecule has 3 nitrogen and oxygen atoms in total. The maximum absolute atomic E-state index is 5.49. The molecule has 0 radical (unpaired) electrons. The average Bonchev–Trinajstić information content (AvgIpc) is 2.69. The van der Waals surface area contributed by atoms with Crippen molar-refractivity contribution in [2.45, 2.75) is 32.7 Å². The molecule has 1 atom stereocenters. The summed E-state index contributed by atoms with van der Waals surface area (Å²) in [6, 6.07) is 2.21. The quantitative estimate of drug-likeness (QED) is 0.744. The summed E-state index contributed by atoms with van der Waals surface area (Å²) in [6.07, 6.45) is 3.78. The summed E-state index contributed by atoms with van der Waals surface area (Å²) in [4.78, 5) is 0. The summed E-state index contributed by atoms with van der Waals surface area (Å²) in [7, 11) is 0. The zero-order valence-corrected chi connectivity index (χ0v) is 11.5. The predicted octanol–water partition coefficient (Wildman–Crippen LogP) is 3.51. The van der Waals surface area contributed by atoms with Gasteiger partial charge in [-0.3, -0.25) is 0 Å². The molecule has 92 valence electrons. The van der Waals surface area contributed by atoms with Gasteiger partial charge in [-0.2, -0.15) is 0 Å². The summed E-state index contributed by atoms with van der Waals surface area (Å²) in [6.45, 7) is 6.66. The highest BCUT2D eigenvalue weighted by Crippen LogP contribution is 2.27. The molecule has 0 spiro atoms. The second kappa shape index (κ2) is 7.87. The maximum Gasteiger partial charge on any atom is 0.134 e. The number of hydrogen-bond donors (Lipinski definition) is 1. The molecule has 1 aromatic heterocycles. The topological polar surface area (TPSA) is 34.4 Å². The molecule has 16 heavy (non-hydrogen) atoms. The molecule has 0 saturated carbocycles. The average molecular weight is 290 g/mol. The molecule has 1 aromatic rings. The fourth-order valence-electron chi connectivity index (χ4n) is 1.66. The van der Waals surface area contributed by atoms with Crippen LogP contribution < -0.4 is 5.32 Å². The Balaban J connectivity index is 2.45. The fourth-order valence-corrected chi connectivity index (χ4v) is 2.14. The minimum absolute atomic E-state index is 0.273. The first-order valence-electron chi connectivity index (χ1n) is 5.83. The van der Waals surface area contributed by atoms with E-state index in [4.69, 9.17) is 9.15 Å². The molecule has 0 bridgehead atoms. The fraction of sp³-hybridized carbons (Fsp3) is 0.667. The van der Waals surface area contributed by atoms with Crippen molar-refractivity contribution in [2.75, 3.05) is 19.8 Å². The summed E-state index contributed by atoms with van der Waals surface area (Å²) in [5.74, 6) is 0.985. The van der Waals surface area contributed by atoms with Gasteiger partial charge in [-0.1, -0.05) is 6.92 Å². The van der Waals surface area contributed by atoms with Gasteiger partial charge in [0.15, 0.2) is 0 Å². The van der Waals surface area contributed by atoms with E-state index in [0.717, 1.165) is 42.8 Å². The van der Waals surface area contributed by atoms with Gasteiger partial charge in [-0.05, 0) is 48.3 Å². The molecule has 1 N–H and O–H groups in total. The molecule has 0 aromatic carbocycles. The van der Waals surface area contributed by atoms with Crippen LogP contribution in [-0.2, 0) is 4.74 Å². The van der Waals surface area contributed by atoms with E-state index in [1.54, 1.807) is 6.26 Å². The van der Waals surface area contributed by atoms with Gasteiger partial charge >= 0.3 is 0 Å². The second-order valence-electron chi connectivity index (χ2n) is 3.58. The van der Waals surface area contributed by atoms with Crippen LogP contribution in [0, 0.1) is 0 Å². The highest BCUT2D eigenvalue weighted by atomic mass is 79.9. The third-order valence-corrected chi connectivity index (χ3v) is 3.05. The zero-order chi connectivity index (χ0) is 11.8. The molecule has 1 heterocycles. The van der Waals surface area contributed by atoms with Crippen LogP contribution in [0.5, 0.6) is 0 Å². The van der Waals surface area contributed by atoms with E-state index in [1.165, 1.54) is 0 Å². The van der Waals surface area contributed by atoms with Crippen LogP contribution in [-0.4, -0.2) is 19.8 Å². The lowest BCUT2D eigenvalue weighted by molar-refractivity contribution is 0.140. The second-order valence-corrected chi connectivity index (χ2v) is 4.44. The molecule has 1 unspecified atom stereocenters. The van der Waals surface area contributed by atoms with Gasteiger partial charge in [0.2, 0.25) is 0 Å². The lowest BCUT2D eigenvalue weighted by Crippen LogP contribution is -2.21. The number of ether oxygens (including phenoxy) is 1. The van der Waals surface area contributed by atoms with Gasteiger partial charge in [-0.15, -0.1) is 0 Å². The van der Waals surface area contributed by atoms with Gasteiger partial charge in [-0.25, -0.2) is 0 Å². The van der Waals surface area contributed by atoms with E-state index in [1.807, 2.05) is 13.0 Å². The lowest BCUT2D eigenvalue weighted by Gasteiger charge is -2.15. The number of nitrogens with one attached hydrogen (secondary N) is 1. The van der Waals surface area contributed by atoms with Crippen LogP contribution in [0.15, 0.2) is 21.2 Å². The van der Waals surface area contributed by atoms with Crippen molar-refractivity contribution in [2.24, 2.45) is 0 Å². The molecular formula is C12H20BrNO2. The standard InChI is InChI=1S/C12H20BrNO2/c1-3-14-11(6-5-8-15-4-2)12-10(13)7-9-16-12/h7,9,11,14H,3-6,8H2,1-2H3. The van der Waals surface area contributed by atoms with E-state index in [2.05, 4.69) is 28.2 Å². The molecule has 0 amide bonds. The Morgan fingerprint density at radius 3 is 2.88 bits per heavy atom. The van der Waals surface area contributed by atoms with E-state index in [9.17, 15) is 0 Å². The Morgan fingerprint density at radius 2 is 2.31 bits per heavy atom. The summed E-state index contributed by atoms with van der Waals surface area (Å²) in [5, 5.41) is 3.42. The van der Waals surface area contributed by atoms with Crippen LogP contribution in [0.1, 0.15) is 38.5 Å². The van der Waals surface area contributed by atoms with Crippen molar-refractivity contribution in [1.29, 1.82) is 0 Å². The Bertz CT molecular complexity index is 288.